The van der Waals surface area contributed by atoms with E-state index in [1.807, 2.05) is 71.8 Å². The zero-order valence-electron chi connectivity index (χ0n) is 21.8. The van der Waals surface area contributed by atoms with Gasteiger partial charge in [-0.15, -0.1) is 0 Å². The Balaban J connectivity index is 1.55. The second-order valence-electron chi connectivity index (χ2n) is 10.4. The molecule has 1 fully saturated rings. The average Bonchev–Trinajstić information content (AvgIpc) is 3.49. The van der Waals surface area contributed by atoms with Gasteiger partial charge in [0.25, 0.3) is 0 Å². The van der Waals surface area contributed by atoms with Crippen LogP contribution >= 0.6 is 0 Å². The topological polar surface area (TPSA) is 75.7 Å². The van der Waals surface area contributed by atoms with E-state index in [2.05, 4.69) is 5.32 Å². The Labute approximate surface area is 231 Å². The van der Waals surface area contributed by atoms with Crippen LogP contribution in [0.5, 0.6) is 5.75 Å². The summed E-state index contributed by atoms with van der Waals surface area (Å²) in [6.07, 6.45) is 3.83. The van der Waals surface area contributed by atoms with E-state index in [0.29, 0.717) is 22.6 Å². The Morgan fingerprint density at radius 3 is 2.35 bits per heavy atom. The molecule has 3 aliphatic rings. The molecule has 6 heteroatoms. The summed E-state index contributed by atoms with van der Waals surface area (Å²) in [6.45, 7) is 0. The Morgan fingerprint density at radius 1 is 0.825 bits per heavy atom. The number of nitrogens with zero attached hydrogens (tertiary/aromatic N) is 1. The normalized spacial score (nSPS) is 23.8. The monoisotopic (exact) mass is 526 g/mol. The van der Waals surface area contributed by atoms with Gasteiger partial charge < -0.3 is 15.0 Å². The average molecular weight is 527 g/mol. The fourth-order valence-electron chi connectivity index (χ4n) is 6.96. The lowest BCUT2D eigenvalue weighted by atomic mass is 9.62. The summed E-state index contributed by atoms with van der Waals surface area (Å²) in [5.74, 6) is -1.39. The number of carbonyl (C=O) groups is 3. The van der Waals surface area contributed by atoms with Gasteiger partial charge in [0.1, 0.15) is 17.2 Å². The first kappa shape index (κ1) is 24.1. The van der Waals surface area contributed by atoms with Gasteiger partial charge in [0, 0.05) is 17.5 Å². The van der Waals surface area contributed by atoms with Gasteiger partial charge in [0.2, 0.25) is 5.91 Å². The van der Waals surface area contributed by atoms with E-state index in [1.165, 1.54) is 7.11 Å². The van der Waals surface area contributed by atoms with Crippen LogP contribution in [0.1, 0.15) is 43.4 Å². The summed E-state index contributed by atoms with van der Waals surface area (Å²) >= 11 is 0. The maximum atomic E-state index is 14.7. The van der Waals surface area contributed by atoms with Crippen molar-refractivity contribution in [1.82, 2.24) is 4.90 Å². The Hall–Kier alpha value is -4.97. The maximum Gasteiger partial charge on any atom is 0.238 e. The van der Waals surface area contributed by atoms with Gasteiger partial charge in [-0.05, 0) is 41.0 Å². The highest BCUT2D eigenvalue weighted by Crippen LogP contribution is 2.62. The number of ketones is 2. The number of para-hydroxylation sites is 2. The number of Topliss-reactive ketones (excluding diaryl/α,β-unsaturated/α-hetero) is 2. The van der Waals surface area contributed by atoms with E-state index in [1.54, 1.807) is 48.5 Å². The molecule has 4 aromatic carbocycles. The molecule has 7 rings (SSSR count). The predicted molar refractivity (Wildman–Crippen MR) is 152 cm³/mol. The first-order valence-electron chi connectivity index (χ1n) is 13.3. The third-order valence-corrected chi connectivity index (χ3v) is 8.55. The van der Waals surface area contributed by atoms with Crippen molar-refractivity contribution in [3.8, 4) is 5.75 Å². The number of nitrogens with one attached hydrogen (secondary N) is 1. The number of fused-ring (bicyclic) bond motifs is 6. The predicted octanol–water partition coefficient (Wildman–Crippen LogP) is 5.68. The Bertz CT molecular complexity index is 1710. The van der Waals surface area contributed by atoms with Gasteiger partial charge >= 0.3 is 0 Å². The number of carbonyl (C=O) groups excluding carboxylic acids is 3. The quantitative estimate of drug-likeness (QED) is 0.339. The number of hydrogen-bond acceptors (Lipinski definition) is 5. The Kier molecular flexibility index (Phi) is 5.46. The van der Waals surface area contributed by atoms with Crippen molar-refractivity contribution in [2.75, 3.05) is 12.4 Å². The molecule has 1 amide bonds. The first-order valence-corrected chi connectivity index (χ1v) is 13.3. The van der Waals surface area contributed by atoms with Crippen LogP contribution in [0.2, 0.25) is 0 Å². The molecule has 196 valence electrons. The lowest BCUT2D eigenvalue weighted by molar-refractivity contribution is -0.122. The zero-order valence-corrected chi connectivity index (χ0v) is 21.8. The second-order valence-corrected chi connectivity index (χ2v) is 10.4. The number of rotatable bonds is 5. The van der Waals surface area contributed by atoms with E-state index in [9.17, 15) is 14.4 Å². The van der Waals surface area contributed by atoms with Crippen molar-refractivity contribution in [3.05, 3.63) is 137 Å². The van der Waals surface area contributed by atoms with Crippen LogP contribution in [0.4, 0.5) is 5.69 Å². The van der Waals surface area contributed by atoms with Crippen molar-refractivity contribution < 1.29 is 19.1 Å². The number of anilines is 1. The van der Waals surface area contributed by atoms with E-state index in [0.717, 1.165) is 16.7 Å². The molecule has 0 unspecified atom stereocenters. The summed E-state index contributed by atoms with van der Waals surface area (Å²) < 4.78 is 5.57. The van der Waals surface area contributed by atoms with Crippen LogP contribution < -0.4 is 10.1 Å². The lowest BCUT2D eigenvalue weighted by Crippen LogP contribution is -2.49. The van der Waals surface area contributed by atoms with E-state index in [-0.39, 0.29) is 17.5 Å². The lowest BCUT2D eigenvalue weighted by Gasteiger charge is -2.38. The van der Waals surface area contributed by atoms with Gasteiger partial charge in [-0.2, -0.15) is 0 Å². The van der Waals surface area contributed by atoms with Crippen LogP contribution in [0.25, 0.3) is 6.08 Å². The molecular formula is C34H26N2O4. The second kappa shape index (κ2) is 9.06. The largest absolute Gasteiger partial charge is 0.496 e. The molecule has 0 saturated carbocycles. The number of methoxy groups -OCH3 is 1. The number of amides is 1. The van der Waals surface area contributed by atoms with Crippen LogP contribution in [0, 0.1) is 5.92 Å². The molecule has 0 aromatic heterocycles. The highest BCUT2D eigenvalue weighted by molar-refractivity contribution is 6.17. The molecule has 3 aliphatic heterocycles. The van der Waals surface area contributed by atoms with Crippen molar-refractivity contribution in [1.29, 1.82) is 0 Å². The molecule has 3 heterocycles. The van der Waals surface area contributed by atoms with Crippen molar-refractivity contribution in [3.63, 3.8) is 0 Å². The van der Waals surface area contributed by atoms with Crippen molar-refractivity contribution in [2.24, 2.45) is 5.92 Å². The fourth-order valence-corrected chi connectivity index (χ4v) is 6.96. The molecule has 1 saturated heterocycles. The van der Waals surface area contributed by atoms with Gasteiger partial charge in [-0.25, -0.2) is 0 Å². The van der Waals surface area contributed by atoms with Gasteiger partial charge in [-0.3, -0.25) is 14.4 Å². The van der Waals surface area contributed by atoms with Gasteiger partial charge in [0.15, 0.2) is 11.6 Å². The molecule has 4 atom stereocenters. The molecule has 1 spiro atoms. The van der Waals surface area contributed by atoms with Crippen LogP contribution in [0.15, 0.2) is 109 Å². The maximum absolute atomic E-state index is 14.7. The van der Waals surface area contributed by atoms with Crippen LogP contribution in [0.3, 0.4) is 0 Å². The minimum absolute atomic E-state index is 0.249. The molecule has 4 aromatic rings. The van der Waals surface area contributed by atoms with Crippen molar-refractivity contribution >= 4 is 29.2 Å². The third kappa shape index (κ3) is 3.19. The summed E-state index contributed by atoms with van der Waals surface area (Å²) in [7, 11) is 1.52. The van der Waals surface area contributed by atoms with E-state index < -0.39 is 23.4 Å². The first-order chi connectivity index (χ1) is 19.6. The summed E-state index contributed by atoms with van der Waals surface area (Å²) in [5, 5.41) is 3.07. The van der Waals surface area contributed by atoms with Gasteiger partial charge in [0.05, 0.1) is 24.6 Å². The zero-order chi connectivity index (χ0) is 27.4. The molecule has 1 N–H and O–H groups in total. The molecule has 0 aliphatic carbocycles. The molecule has 0 radical (unpaired) electrons. The minimum atomic E-state index is -1.35. The fraction of sp³-hybridized carbons (Fsp3) is 0.147. The van der Waals surface area contributed by atoms with Crippen molar-refractivity contribution in [2.45, 2.75) is 17.5 Å². The van der Waals surface area contributed by atoms with Crippen LogP contribution in [-0.2, 0) is 10.2 Å². The highest BCUT2D eigenvalue weighted by atomic mass is 16.5. The molecule has 0 bridgehead atoms. The highest BCUT2D eigenvalue weighted by Gasteiger charge is 2.70. The smallest absolute Gasteiger partial charge is 0.238 e. The standard InChI is InChI=1S/C34H26N2O4/c1-40-27-18-10-7-15-24(27)31(38)29-28(30(37)22-12-3-2-4-13-22)34(25-16-8-9-17-26(25)35-33(34)39)32-23-14-6-5-11-21(23)19-20-36(29)32/h2-20,28-29,32H,1H3,(H,35,39)/t28-,29-,32+,34+/m0/s1. The SMILES string of the molecule is COc1ccccc1C(=O)[C@@H]1[C@@H](C(=O)c2ccccc2)[C@@]2(C(=O)Nc3ccccc32)[C@H]2c3ccccc3C=CN12. The number of hydrogen-bond donors (Lipinski definition) is 1. The van der Waals surface area contributed by atoms with E-state index >= 15 is 0 Å². The molecule has 6 nitrogen and oxygen atoms in total. The summed E-state index contributed by atoms with van der Waals surface area (Å²) in [4.78, 5) is 45.7. The van der Waals surface area contributed by atoms with Gasteiger partial charge in [-0.1, -0.05) is 84.9 Å². The van der Waals surface area contributed by atoms with E-state index in [4.69, 9.17) is 4.74 Å². The Morgan fingerprint density at radius 2 is 1.52 bits per heavy atom. The number of benzene rings is 4. The molecule has 40 heavy (non-hydrogen) atoms. The summed E-state index contributed by atoms with van der Waals surface area (Å²) in [6, 6.07) is 29.8. The molecular weight excluding hydrogens is 500 g/mol. The minimum Gasteiger partial charge on any atom is -0.496 e. The summed E-state index contributed by atoms with van der Waals surface area (Å²) in [5.41, 5.74) is 2.72. The third-order valence-electron chi connectivity index (χ3n) is 8.55. The number of ether oxygens (including phenoxy) is 1. The van der Waals surface area contributed by atoms with Crippen LogP contribution in [-0.4, -0.2) is 35.5 Å².